The normalized spacial score (nSPS) is 11.5. The van der Waals surface area contributed by atoms with E-state index in [2.05, 4.69) is 10.3 Å². The Balaban J connectivity index is 1.64. The van der Waals surface area contributed by atoms with Crippen molar-refractivity contribution in [3.05, 3.63) is 72.3 Å². The zero-order valence-electron chi connectivity index (χ0n) is 16.0. The molecule has 3 aromatic carbocycles. The molecule has 152 valence electrons. The lowest BCUT2D eigenvalue weighted by molar-refractivity contribution is 0.102. The first kappa shape index (κ1) is 20.1. The Morgan fingerprint density at radius 3 is 2.63 bits per heavy atom. The molecular weight excluding hydrogens is 420 g/mol. The summed E-state index contributed by atoms with van der Waals surface area (Å²) in [4.78, 5) is 17.3. The number of hydrogen-bond acceptors (Lipinski definition) is 6. The van der Waals surface area contributed by atoms with Crippen molar-refractivity contribution in [3.8, 4) is 16.3 Å². The molecule has 6 nitrogen and oxygen atoms in total. The summed E-state index contributed by atoms with van der Waals surface area (Å²) in [6.45, 7) is 1.56. The molecule has 0 aliphatic carbocycles. The van der Waals surface area contributed by atoms with Gasteiger partial charge in [-0.1, -0.05) is 25.1 Å². The van der Waals surface area contributed by atoms with E-state index in [4.69, 9.17) is 0 Å². The van der Waals surface area contributed by atoms with Gasteiger partial charge < -0.3 is 10.4 Å². The van der Waals surface area contributed by atoms with Crippen LogP contribution in [0.2, 0.25) is 0 Å². The standard InChI is InChI=1S/C22H18N2O4S2/c1-2-30(27,28)16-7-5-6-14(12-16)21(26)23-15-10-11-19(25)17(13-15)22-24-18-8-3-4-9-20(18)29-22/h3-13,25H,2H2,1H3,(H,23,26). The monoisotopic (exact) mass is 438 g/mol. The predicted octanol–water partition coefficient (Wildman–Crippen LogP) is 4.71. The Bertz CT molecular complexity index is 1330. The van der Waals surface area contributed by atoms with Crippen LogP contribution in [0.15, 0.2) is 71.6 Å². The maximum atomic E-state index is 12.7. The highest BCUT2D eigenvalue weighted by atomic mass is 32.2. The van der Waals surface area contributed by atoms with Crippen LogP contribution >= 0.6 is 11.3 Å². The number of phenols is 1. The molecule has 0 saturated carbocycles. The maximum Gasteiger partial charge on any atom is 0.255 e. The van der Waals surface area contributed by atoms with Crippen LogP contribution in [0, 0.1) is 0 Å². The molecule has 4 aromatic rings. The van der Waals surface area contributed by atoms with Gasteiger partial charge in [-0.05, 0) is 48.5 Å². The van der Waals surface area contributed by atoms with Gasteiger partial charge in [-0.2, -0.15) is 0 Å². The minimum Gasteiger partial charge on any atom is -0.507 e. The number of anilines is 1. The SMILES string of the molecule is CCS(=O)(=O)c1cccc(C(=O)Nc2ccc(O)c(-c3nc4ccccc4s3)c2)c1. The van der Waals surface area contributed by atoms with E-state index >= 15 is 0 Å². The van der Waals surface area contributed by atoms with E-state index in [1.54, 1.807) is 31.2 Å². The minimum absolute atomic E-state index is 0.0401. The first-order valence-electron chi connectivity index (χ1n) is 9.20. The fraction of sp³-hybridized carbons (Fsp3) is 0.0909. The van der Waals surface area contributed by atoms with Crippen molar-refractivity contribution in [2.45, 2.75) is 11.8 Å². The van der Waals surface area contributed by atoms with E-state index in [0.717, 1.165) is 10.2 Å². The van der Waals surface area contributed by atoms with Crippen LogP contribution in [0.25, 0.3) is 20.8 Å². The summed E-state index contributed by atoms with van der Waals surface area (Å²) >= 11 is 1.45. The van der Waals surface area contributed by atoms with Crippen molar-refractivity contribution >= 4 is 43.0 Å². The second kappa shape index (κ2) is 7.89. The summed E-state index contributed by atoms with van der Waals surface area (Å²) in [6.07, 6.45) is 0. The van der Waals surface area contributed by atoms with Crippen LogP contribution in [0.3, 0.4) is 0 Å². The molecule has 4 rings (SSSR count). The molecule has 0 aliphatic rings. The summed E-state index contributed by atoms with van der Waals surface area (Å²) in [5.41, 5.74) is 2.05. The Morgan fingerprint density at radius 1 is 1.07 bits per heavy atom. The van der Waals surface area contributed by atoms with Gasteiger partial charge in [0.15, 0.2) is 9.84 Å². The molecule has 1 aromatic heterocycles. The van der Waals surface area contributed by atoms with Gasteiger partial charge in [0.1, 0.15) is 10.8 Å². The second-order valence-electron chi connectivity index (χ2n) is 6.60. The van der Waals surface area contributed by atoms with Crippen LogP contribution in [0.1, 0.15) is 17.3 Å². The summed E-state index contributed by atoms with van der Waals surface area (Å²) in [6, 6.07) is 18.3. The number of carbonyl (C=O) groups is 1. The summed E-state index contributed by atoms with van der Waals surface area (Å²) in [5.74, 6) is -0.422. The van der Waals surface area contributed by atoms with Gasteiger partial charge in [-0.25, -0.2) is 13.4 Å². The number of para-hydroxylation sites is 1. The van der Waals surface area contributed by atoms with E-state index in [-0.39, 0.29) is 22.0 Å². The van der Waals surface area contributed by atoms with Gasteiger partial charge in [0.05, 0.1) is 26.4 Å². The number of benzene rings is 3. The van der Waals surface area contributed by atoms with E-state index < -0.39 is 15.7 Å². The first-order valence-corrected chi connectivity index (χ1v) is 11.7. The number of sulfone groups is 1. The molecule has 0 aliphatic heterocycles. The summed E-state index contributed by atoms with van der Waals surface area (Å²) in [5, 5.41) is 13.7. The van der Waals surface area contributed by atoms with Gasteiger partial charge in [0.2, 0.25) is 0 Å². The number of amides is 1. The number of carbonyl (C=O) groups excluding carboxylic acids is 1. The fourth-order valence-electron chi connectivity index (χ4n) is 2.97. The molecule has 0 unspecified atom stereocenters. The largest absolute Gasteiger partial charge is 0.507 e. The third-order valence-corrected chi connectivity index (χ3v) is 7.42. The number of hydrogen-bond donors (Lipinski definition) is 2. The van der Waals surface area contributed by atoms with E-state index in [9.17, 15) is 18.3 Å². The zero-order chi connectivity index (χ0) is 21.3. The number of phenolic OH excluding ortho intramolecular Hbond substituents is 1. The molecule has 0 atom stereocenters. The van der Waals surface area contributed by atoms with Gasteiger partial charge in [-0.15, -0.1) is 11.3 Å². The molecular formula is C22H18N2O4S2. The number of rotatable bonds is 5. The first-order chi connectivity index (χ1) is 14.4. The van der Waals surface area contributed by atoms with Crippen LogP contribution in [0.5, 0.6) is 5.75 Å². The van der Waals surface area contributed by atoms with Gasteiger partial charge >= 0.3 is 0 Å². The molecule has 30 heavy (non-hydrogen) atoms. The van der Waals surface area contributed by atoms with Crippen molar-refractivity contribution in [3.63, 3.8) is 0 Å². The van der Waals surface area contributed by atoms with E-state index in [0.29, 0.717) is 16.3 Å². The second-order valence-corrected chi connectivity index (χ2v) is 9.91. The Morgan fingerprint density at radius 2 is 1.87 bits per heavy atom. The molecule has 0 spiro atoms. The average Bonchev–Trinajstić information content (AvgIpc) is 3.19. The average molecular weight is 439 g/mol. The van der Waals surface area contributed by atoms with Gasteiger partial charge in [-0.3, -0.25) is 4.79 Å². The van der Waals surface area contributed by atoms with E-state index in [1.165, 1.54) is 29.5 Å². The van der Waals surface area contributed by atoms with Crippen LogP contribution in [0.4, 0.5) is 5.69 Å². The Labute approximate surface area is 177 Å². The van der Waals surface area contributed by atoms with Crippen LogP contribution in [-0.4, -0.2) is 30.2 Å². The third-order valence-electron chi connectivity index (χ3n) is 4.61. The Kier molecular flexibility index (Phi) is 5.27. The van der Waals surface area contributed by atoms with Crippen LogP contribution in [-0.2, 0) is 9.84 Å². The van der Waals surface area contributed by atoms with Gasteiger partial charge in [0, 0.05) is 11.3 Å². The summed E-state index contributed by atoms with van der Waals surface area (Å²) in [7, 11) is -3.41. The van der Waals surface area contributed by atoms with Crippen molar-refractivity contribution in [2.75, 3.05) is 11.1 Å². The fourth-order valence-corrected chi connectivity index (χ4v) is 4.89. The maximum absolute atomic E-state index is 12.7. The highest BCUT2D eigenvalue weighted by Crippen LogP contribution is 2.36. The number of aromatic nitrogens is 1. The number of fused-ring (bicyclic) bond motifs is 1. The summed E-state index contributed by atoms with van der Waals surface area (Å²) < 4.78 is 25.2. The minimum atomic E-state index is -3.41. The number of thiazole rings is 1. The van der Waals surface area contributed by atoms with E-state index in [1.807, 2.05) is 24.3 Å². The van der Waals surface area contributed by atoms with Crippen molar-refractivity contribution < 1.29 is 18.3 Å². The molecule has 1 amide bonds. The zero-order valence-corrected chi connectivity index (χ0v) is 17.6. The molecule has 1 heterocycles. The predicted molar refractivity (Wildman–Crippen MR) is 119 cm³/mol. The van der Waals surface area contributed by atoms with Crippen molar-refractivity contribution in [2.24, 2.45) is 0 Å². The van der Waals surface area contributed by atoms with Crippen LogP contribution < -0.4 is 5.32 Å². The lowest BCUT2D eigenvalue weighted by Crippen LogP contribution is -2.13. The molecule has 0 fully saturated rings. The molecule has 0 bridgehead atoms. The smallest absolute Gasteiger partial charge is 0.255 e. The highest BCUT2D eigenvalue weighted by Gasteiger charge is 2.16. The number of aromatic hydroxyl groups is 1. The highest BCUT2D eigenvalue weighted by molar-refractivity contribution is 7.91. The Hall–Kier alpha value is -3.23. The quantitative estimate of drug-likeness (QED) is 0.440. The number of nitrogens with one attached hydrogen (secondary N) is 1. The van der Waals surface area contributed by atoms with Gasteiger partial charge in [0.25, 0.3) is 5.91 Å². The molecule has 8 heteroatoms. The lowest BCUT2D eigenvalue weighted by Gasteiger charge is -2.09. The van der Waals surface area contributed by atoms with Crippen molar-refractivity contribution in [1.82, 2.24) is 4.98 Å². The molecule has 2 N–H and O–H groups in total. The lowest BCUT2D eigenvalue weighted by atomic mass is 10.1. The molecule has 0 radical (unpaired) electrons. The third kappa shape index (κ3) is 3.92. The molecule has 0 saturated heterocycles. The topological polar surface area (TPSA) is 96.4 Å². The van der Waals surface area contributed by atoms with Crippen molar-refractivity contribution in [1.29, 1.82) is 0 Å². The number of nitrogens with zero attached hydrogens (tertiary/aromatic N) is 1.